The van der Waals surface area contributed by atoms with E-state index in [2.05, 4.69) is 34.6 Å². The maximum Gasteiger partial charge on any atom is 0.253 e. The van der Waals surface area contributed by atoms with E-state index in [1.165, 1.54) is 11.1 Å². The first-order valence-corrected chi connectivity index (χ1v) is 7.10. The Kier molecular flexibility index (Phi) is 3.77. The van der Waals surface area contributed by atoms with Crippen molar-refractivity contribution < 1.29 is 4.79 Å². The second-order valence-electron chi connectivity index (χ2n) is 5.28. The second kappa shape index (κ2) is 5.87. The first-order chi connectivity index (χ1) is 9.83. The van der Waals surface area contributed by atoms with Gasteiger partial charge in [0.05, 0.1) is 5.56 Å². The average Bonchev–Trinajstić information content (AvgIpc) is 2.69. The van der Waals surface area contributed by atoms with Gasteiger partial charge in [-0.15, -0.1) is 0 Å². The highest BCUT2D eigenvalue weighted by Crippen LogP contribution is 2.20. The zero-order valence-corrected chi connectivity index (χ0v) is 11.4. The predicted molar refractivity (Wildman–Crippen MR) is 78.6 cm³/mol. The molecule has 1 aliphatic rings. The van der Waals surface area contributed by atoms with Crippen molar-refractivity contribution >= 4 is 5.91 Å². The number of rotatable bonds is 2. The average molecular weight is 266 g/mol. The van der Waals surface area contributed by atoms with Gasteiger partial charge < -0.3 is 5.32 Å². The van der Waals surface area contributed by atoms with Crippen LogP contribution in [0.1, 0.15) is 34.3 Å². The Morgan fingerprint density at radius 3 is 2.80 bits per heavy atom. The third-order valence-corrected chi connectivity index (χ3v) is 3.84. The van der Waals surface area contributed by atoms with Gasteiger partial charge >= 0.3 is 0 Å². The van der Waals surface area contributed by atoms with Gasteiger partial charge in [0, 0.05) is 18.4 Å². The quantitative estimate of drug-likeness (QED) is 0.849. The van der Waals surface area contributed by atoms with Crippen molar-refractivity contribution in [1.82, 2.24) is 10.3 Å². The molecule has 1 aromatic carbocycles. The number of hydrogen-bond acceptors (Lipinski definition) is 2. The molecule has 3 rings (SSSR count). The molecule has 1 aliphatic carbocycles. The van der Waals surface area contributed by atoms with Crippen molar-refractivity contribution in [1.29, 1.82) is 0 Å². The van der Waals surface area contributed by atoms with Gasteiger partial charge in [0.25, 0.3) is 5.91 Å². The molecule has 1 aromatic heterocycles. The molecule has 1 heterocycles. The normalized spacial score (nSPS) is 17.9. The van der Waals surface area contributed by atoms with Crippen molar-refractivity contribution in [3.63, 3.8) is 0 Å². The van der Waals surface area contributed by atoms with Gasteiger partial charge in [0.15, 0.2) is 0 Å². The van der Waals surface area contributed by atoms with Crippen molar-refractivity contribution in [2.24, 2.45) is 0 Å². The summed E-state index contributed by atoms with van der Waals surface area (Å²) in [7, 11) is 0. The number of hydrogen-bond donors (Lipinski definition) is 1. The van der Waals surface area contributed by atoms with E-state index in [9.17, 15) is 4.79 Å². The zero-order chi connectivity index (χ0) is 13.8. The highest BCUT2D eigenvalue weighted by Gasteiger charge is 2.18. The summed E-state index contributed by atoms with van der Waals surface area (Å²) in [5.74, 6) is -0.0255. The highest BCUT2D eigenvalue weighted by atomic mass is 16.1. The Hall–Kier alpha value is -2.16. The summed E-state index contributed by atoms with van der Waals surface area (Å²) in [5.41, 5.74) is 3.41. The summed E-state index contributed by atoms with van der Waals surface area (Å²) in [4.78, 5) is 16.2. The molecule has 3 nitrogen and oxygen atoms in total. The van der Waals surface area contributed by atoms with E-state index >= 15 is 0 Å². The SMILES string of the molecule is O=C(NC1CCCc2ccccc2C1)c1cccnc1. The number of carbonyl (C=O) groups is 1. The van der Waals surface area contributed by atoms with Crippen molar-refractivity contribution in [2.45, 2.75) is 31.7 Å². The first kappa shape index (κ1) is 12.9. The van der Waals surface area contributed by atoms with Crippen LogP contribution in [0.3, 0.4) is 0 Å². The molecule has 1 N–H and O–H groups in total. The van der Waals surface area contributed by atoms with Gasteiger partial charge in [0.2, 0.25) is 0 Å². The van der Waals surface area contributed by atoms with Crippen LogP contribution >= 0.6 is 0 Å². The minimum absolute atomic E-state index is 0.0255. The maximum atomic E-state index is 12.2. The van der Waals surface area contributed by atoms with Crippen molar-refractivity contribution in [2.75, 3.05) is 0 Å². The van der Waals surface area contributed by atoms with Crippen molar-refractivity contribution in [3.05, 3.63) is 65.5 Å². The fourth-order valence-corrected chi connectivity index (χ4v) is 2.80. The smallest absolute Gasteiger partial charge is 0.253 e. The molecule has 0 saturated carbocycles. The van der Waals surface area contributed by atoms with Crippen LogP contribution in [0.2, 0.25) is 0 Å². The standard InChI is InChI=1S/C17H18N2O/c20-17(15-8-4-10-18-12-15)19-16-9-3-7-13-5-1-2-6-14(13)11-16/h1-2,4-6,8,10,12,16H,3,7,9,11H2,(H,19,20). The van der Waals surface area contributed by atoms with E-state index in [4.69, 9.17) is 0 Å². The molecule has 0 saturated heterocycles. The molecule has 0 aliphatic heterocycles. The summed E-state index contributed by atoms with van der Waals surface area (Å²) in [5, 5.41) is 3.14. The third kappa shape index (κ3) is 2.87. The second-order valence-corrected chi connectivity index (χ2v) is 5.28. The fraction of sp³-hybridized carbons (Fsp3) is 0.294. The summed E-state index contributed by atoms with van der Waals surface area (Å²) in [6.45, 7) is 0. The number of nitrogens with one attached hydrogen (secondary N) is 1. The number of nitrogens with zero attached hydrogens (tertiary/aromatic N) is 1. The lowest BCUT2D eigenvalue weighted by atomic mass is 10.0. The predicted octanol–water partition coefficient (Wildman–Crippen LogP) is 2.76. The largest absolute Gasteiger partial charge is 0.349 e. The van der Waals surface area contributed by atoms with E-state index in [1.807, 2.05) is 0 Å². The molecule has 0 radical (unpaired) electrons. The minimum Gasteiger partial charge on any atom is -0.349 e. The summed E-state index contributed by atoms with van der Waals surface area (Å²) < 4.78 is 0. The number of fused-ring (bicyclic) bond motifs is 1. The van der Waals surface area contributed by atoms with Crippen LogP contribution in [-0.4, -0.2) is 16.9 Å². The number of amides is 1. The van der Waals surface area contributed by atoms with Crippen LogP contribution in [0.15, 0.2) is 48.8 Å². The van der Waals surface area contributed by atoms with Crippen LogP contribution in [0, 0.1) is 0 Å². The summed E-state index contributed by atoms with van der Waals surface area (Å²) in [6, 6.07) is 12.3. The Bertz CT molecular complexity index is 595. The van der Waals surface area contributed by atoms with Crippen LogP contribution in [0.5, 0.6) is 0 Å². The van der Waals surface area contributed by atoms with E-state index in [0.717, 1.165) is 25.7 Å². The Morgan fingerprint density at radius 1 is 1.15 bits per heavy atom. The molecular formula is C17H18N2O. The van der Waals surface area contributed by atoms with Gasteiger partial charge in [-0.1, -0.05) is 24.3 Å². The lowest BCUT2D eigenvalue weighted by Gasteiger charge is -2.16. The molecule has 0 bridgehead atoms. The highest BCUT2D eigenvalue weighted by molar-refractivity contribution is 5.94. The Balaban J connectivity index is 1.71. The summed E-state index contributed by atoms with van der Waals surface area (Å²) in [6.07, 6.45) is 7.46. The Morgan fingerprint density at radius 2 is 2.00 bits per heavy atom. The van der Waals surface area contributed by atoms with Gasteiger partial charge in [0.1, 0.15) is 0 Å². The van der Waals surface area contributed by atoms with E-state index in [-0.39, 0.29) is 11.9 Å². The van der Waals surface area contributed by atoms with Crippen molar-refractivity contribution in [3.8, 4) is 0 Å². The number of aryl methyl sites for hydroxylation is 1. The molecule has 20 heavy (non-hydrogen) atoms. The lowest BCUT2D eigenvalue weighted by molar-refractivity contribution is 0.0934. The van der Waals surface area contributed by atoms with Gasteiger partial charge in [-0.05, 0) is 48.9 Å². The monoisotopic (exact) mass is 266 g/mol. The Labute approximate surface area is 119 Å². The van der Waals surface area contributed by atoms with Gasteiger partial charge in [-0.25, -0.2) is 0 Å². The van der Waals surface area contributed by atoms with E-state index in [1.54, 1.807) is 24.5 Å². The van der Waals surface area contributed by atoms with Crippen LogP contribution < -0.4 is 5.32 Å². The number of benzene rings is 1. The number of pyridine rings is 1. The van der Waals surface area contributed by atoms with Gasteiger partial charge in [-0.2, -0.15) is 0 Å². The van der Waals surface area contributed by atoms with Crippen LogP contribution in [0.4, 0.5) is 0 Å². The molecule has 2 aromatic rings. The van der Waals surface area contributed by atoms with Crippen LogP contribution in [0.25, 0.3) is 0 Å². The third-order valence-electron chi connectivity index (χ3n) is 3.84. The maximum absolute atomic E-state index is 12.2. The number of carbonyl (C=O) groups excluding carboxylic acids is 1. The fourth-order valence-electron chi connectivity index (χ4n) is 2.80. The van der Waals surface area contributed by atoms with Gasteiger partial charge in [-0.3, -0.25) is 9.78 Å². The molecule has 1 amide bonds. The molecule has 1 unspecified atom stereocenters. The molecule has 0 fully saturated rings. The van der Waals surface area contributed by atoms with Crippen LogP contribution in [-0.2, 0) is 12.8 Å². The van der Waals surface area contributed by atoms with E-state index in [0.29, 0.717) is 5.56 Å². The van der Waals surface area contributed by atoms with E-state index < -0.39 is 0 Å². The minimum atomic E-state index is -0.0255. The molecular weight excluding hydrogens is 248 g/mol. The molecule has 0 spiro atoms. The topological polar surface area (TPSA) is 42.0 Å². The first-order valence-electron chi connectivity index (χ1n) is 7.10. The lowest BCUT2D eigenvalue weighted by Crippen LogP contribution is -2.36. The zero-order valence-electron chi connectivity index (χ0n) is 11.4. The summed E-state index contributed by atoms with van der Waals surface area (Å²) >= 11 is 0. The molecule has 1 atom stereocenters. The molecule has 3 heteroatoms. The number of aromatic nitrogens is 1. The molecule has 102 valence electrons.